The molecule has 1 fully saturated rings. The van der Waals surface area contributed by atoms with Crippen molar-refractivity contribution in [3.8, 4) is 0 Å². The van der Waals surface area contributed by atoms with Crippen LogP contribution in [-0.4, -0.2) is 36.1 Å². The smallest absolute Gasteiger partial charge is 0.291 e. The van der Waals surface area contributed by atoms with Crippen LogP contribution in [0, 0.1) is 0 Å². The first-order valence-electron chi connectivity index (χ1n) is 3.92. The first-order chi connectivity index (χ1) is 5.55. The number of alkyl halides is 4. The molecule has 0 amide bonds. The fraction of sp³-hybridized carbons (Fsp3) is 1.00. The van der Waals surface area contributed by atoms with Gasteiger partial charge in [-0.2, -0.15) is 13.2 Å². The van der Waals surface area contributed by atoms with Crippen molar-refractivity contribution in [1.82, 2.24) is 4.90 Å². The van der Waals surface area contributed by atoms with Crippen molar-refractivity contribution >= 4 is 11.6 Å². The summed E-state index contributed by atoms with van der Waals surface area (Å²) in [5, 5.41) is 0. The molecule has 0 saturated carbocycles. The molecule has 0 aromatic rings. The van der Waals surface area contributed by atoms with Gasteiger partial charge >= 0.3 is 6.18 Å². The second kappa shape index (κ2) is 3.83. The van der Waals surface area contributed by atoms with Crippen LogP contribution in [0.1, 0.15) is 12.8 Å². The minimum absolute atomic E-state index is 0.223. The van der Waals surface area contributed by atoms with Crippen LogP contribution in [0.15, 0.2) is 0 Å². The third kappa shape index (κ3) is 2.26. The van der Waals surface area contributed by atoms with Gasteiger partial charge in [-0.1, -0.05) is 0 Å². The quantitative estimate of drug-likeness (QED) is 0.620. The van der Waals surface area contributed by atoms with E-state index in [-0.39, 0.29) is 12.3 Å². The van der Waals surface area contributed by atoms with E-state index in [0.717, 1.165) is 0 Å². The molecule has 5 heteroatoms. The molecule has 0 aromatic carbocycles. The SMILES string of the molecule is FC(F)(F)[C@@H]1CCCN1CCCl. The van der Waals surface area contributed by atoms with Crippen molar-refractivity contribution in [2.75, 3.05) is 19.0 Å². The molecule has 0 unspecified atom stereocenters. The first kappa shape index (κ1) is 10.1. The fourth-order valence-electron chi connectivity index (χ4n) is 1.57. The van der Waals surface area contributed by atoms with E-state index in [4.69, 9.17) is 11.6 Å². The van der Waals surface area contributed by atoms with Gasteiger partial charge in [-0.25, -0.2) is 0 Å². The van der Waals surface area contributed by atoms with E-state index < -0.39 is 12.2 Å². The summed E-state index contributed by atoms with van der Waals surface area (Å²) in [6.45, 7) is 0.864. The van der Waals surface area contributed by atoms with Crippen LogP contribution in [-0.2, 0) is 0 Å². The van der Waals surface area contributed by atoms with Gasteiger partial charge in [0.15, 0.2) is 0 Å². The highest BCUT2D eigenvalue weighted by atomic mass is 35.5. The number of hydrogen-bond donors (Lipinski definition) is 0. The lowest BCUT2D eigenvalue weighted by Gasteiger charge is -2.25. The monoisotopic (exact) mass is 201 g/mol. The molecule has 72 valence electrons. The highest BCUT2D eigenvalue weighted by molar-refractivity contribution is 6.18. The molecule has 12 heavy (non-hydrogen) atoms. The zero-order chi connectivity index (χ0) is 9.19. The summed E-state index contributed by atoms with van der Waals surface area (Å²) in [5.74, 6) is 0.270. The van der Waals surface area contributed by atoms with Gasteiger partial charge in [-0.15, -0.1) is 11.6 Å². The Morgan fingerprint density at radius 3 is 2.58 bits per heavy atom. The number of halogens is 4. The topological polar surface area (TPSA) is 3.24 Å². The Labute approximate surface area is 74.5 Å². The van der Waals surface area contributed by atoms with Crippen LogP contribution in [0.4, 0.5) is 13.2 Å². The molecule has 0 radical (unpaired) electrons. The first-order valence-corrected chi connectivity index (χ1v) is 4.46. The standard InChI is InChI=1S/C7H11ClF3N/c8-3-5-12-4-1-2-6(12)7(9,10)11/h6H,1-5H2/t6-/m0/s1. The molecule has 0 bridgehead atoms. The van der Waals surface area contributed by atoms with E-state index in [0.29, 0.717) is 19.5 Å². The minimum Gasteiger partial charge on any atom is -0.291 e. The normalized spacial score (nSPS) is 26.5. The van der Waals surface area contributed by atoms with Crippen molar-refractivity contribution < 1.29 is 13.2 Å². The molecule has 1 aliphatic heterocycles. The molecule has 0 aromatic heterocycles. The maximum absolute atomic E-state index is 12.2. The third-order valence-electron chi connectivity index (χ3n) is 2.11. The molecule has 1 rings (SSSR count). The van der Waals surface area contributed by atoms with Gasteiger partial charge in [0.05, 0.1) is 0 Å². The van der Waals surface area contributed by atoms with Gasteiger partial charge in [0.1, 0.15) is 6.04 Å². The van der Waals surface area contributed by atoms with E-state index >= 15 is 0 Å². The lowest BCUT2D eigenvalue weighted by atomic mass is 10.2. The Bertz CT molecular complexity index is 148. The molecule has 0 spiro atoms. The fourth-order valence-corrected chi connectivity index (χ4v) is 1.79. The molecule has 0 aliphatic carbocycles. The van der Waals surface area contributed by atoms with Gasteiger partial charge in [0.2, 0.25) is 0 Å². The molecule has 1 aliphatic rings. The van der Waals surface area contributed by atoms with Crippen LogP contribution >= 0.6 is 11.6 Å². The van der Waals surface area contributed by atoms with Gasteiger partial charge in [-0.05, 0) is 19.4 Å². The highest BCUT2D eigenvalue weighted by Gasteiger charge is 2.45. The van der Waals surface area contributed by atoms with Crippen LogP contribution < -0.4 is 0 Å². The predicted octanol–water partition coefficient (Wildman–Crippen LogP) is 2.25. The lowest BCUT2D eigenvalue weighted by molar-refractivity contribution is -0.175. The van der Waals surface area contributed by atoms with Crippen molar-refractivity contribution in [1.29, 1.82) is 0 Å². The second-order valence-electron chi connectivity index (χ2n) is 2.92. The Hall–Kier alpha value is 0.0400. The van der Waals surface area contributed by atoms with Crippen LogP contribution in [0.25, 0.3) is 0 Å². The Morgan fingerprint density at radius 1 is 1.42 bits per heavy atom. The van der Waals surface area contributed by atoms with Crippen molar-refractivity contribution in [3.05, 3.63) is 0 Å². The summed E-state index contributed by atoms with van der Waals surface area (Å²) in [6, 6.07) is -1.25. The maximum atomic E-state index is 12.2. The van der Waals surface area contributed by atoms with Gasteiger partial charge in [0, 0.05) is 12.4 Å². The summed E-state index contributed by atoms with van der Waals surface area (Å²) in [5.41, 5.74) is 0. The molecule has 1 saturated heterocycles. The molecule has 0 N–H and O–H groups in total. The average Bonchev–Trinajstić information content (AvgIpc) is 2.34. The lowest BCUT2D eigenvalue weighted by Crippen LogP contribution is -2.41. The molecule has 1 nitrogen and oxygen atoms in total. The van der Waals surface area contributed by atoms with Gasteiger partial charge in [-0.3, -0.25) is 4.90 Å². The van der Waals surface area contributed by atoms with Crippen LogP contribution in [0.3, 0.4) is 0 Å². The number of likely N-dealkylation sites (tertiary alicyclic amines) is 1. The highest BCUT2D eigenvalue weighted by Crippen LogP contribution is 2.32. The van der Waals surface area contributed by atoms with Gasteiger partial charge in [0.25, 0.3) is 0 Å². The van der Waals surface area contributed by atoms with E-state index in [1.807, 2.05) is 0 Å². The summed E-state index contributed by atoms with van der Waals surface area (Å²) in [6.07, 6.45) is -3.23. The molecular weight excluding hydrogens is 191 g/mol. The minimum atomic E-state index is -4.08. The van der Waals surface area contributed by atoms with E-state index in [1.165, 1.54) is 4.90 Å². The third-order valence-corrected chi connectivity index (χ3v) is 2.28. The Balaban J connectivity index is 2.52. The maximum Gasteiger partial charge on any atom is 0.404 e. The zero-order valence-electron chi connectivity index (χ0n) is 6.57. The largest absolute Gasteiger partial charge is 0.404 e. The molecular formula is C7H11ClF3N. The van der Waals surface area contributed by atoms with Crippen LogP contribution in [0.5, 0.6) is 0 Å². The Kier molecular flexibility index (Phi) is 3.23. The number of rotatable bonds is 2. The number of nitrogens with zero attached hydrogens (tertiary/aromatic N) is 1. The number of hydrogen-bond acceptors (Lipinski definition) is 1. The van der Waals surface area contributed by atoms with Crippen molar-refractivity contribution in [2.24, 2.45) is 0 Å². The van der Waals surface area contributed by atoms with E-state index in [1.54, 1.807) is 0 Å². The van der Waals surface area contributed by atoms with Crippen LogP contribution in [0.2, 0.25) is 0 Å². The summed E-state index contributed by atoms with van der Waals surface area (Å²) in [7, 11) is 0. The van der Waals surface area contributed by atoms with Crippen molar-refractivity contribution in [2.45, 2.75) is 25.1 Å². The van der Waals surface area contributed by atoms with Crippen molar-refractivity contribution in [3.63, 3.8) is 0 Å². The summed E-state index contributed by atoms with van der Waals surface area (Å²) in [4.78, 5) is 1.41. The summed E-state index contributed by atoms with van der Waals surface area (Å²) >= 11 is 5.39. The zero-order valence-corrected chi connectivity index (χ0v) is 7.33. The second-order valence-corrected chi connectivity index (χ2v) is 3.30. The molecule has 1 atom stereocenters. The molecule has 1 heterocycles. The summed E-state index contributed by atoms with van der Waals surface area (Å²) < 4.78 is 36.7. The Morgan fingerprint density at radius 2 is 2.08 bits per heavy atom. The van der Waals surface area contributed by atoms with E-state index in [9.17, 15) is 13.2 Å². The predicted molar refractivity (Wildman–Crippen MR) is 41.4 cm³/mol. The van der Waals surface area contributed by atoms with E-state index in [2.05, 4.69) is 0 Å². The average molecular weight is 202 g/mol. The van der Waals surface area contributed by atoms with Gasteiger partial charge < -0.3 is 0 Å².